The lowest BCUT2D eigenvalue weighted by atomic mass is 10.2. The van der Waals surface area contributed by atoms with Gasteiger partial charge in [-0.15, -0.1) is 0 Å². The molecule has 0 saturated heterocycles. The van der Waals surface area contributed by atoms with E-state index in [1.165, 1.54) is 16.8 Å². The van der Waals surface area contributed by atoms with Gasteiger partial charge >= 0.3 is 0 Å². The Balaban J connectivity index is 3.01. The van der Waals surface area contributed by atoms with Gasteiger partial charge in [-0.25, -0.2) is 9.37 Å². The lowest BCUT2D eigenvalue weighted by Crippen LogP contribution is -2.22. The van der Waals surface area contributed by atoms with Crippen molar-refractivity contribution in [3.63, 3.8) is 0 Å². The van der Waals surface area contributed by atoms with E-state index in [4.69, 9.17) is 11.6 Å². The minimum absolute atomic E-state index is 0.135. The minimum Gasteiger partial charge on any atom is -0.303 e. The van der Waals surface area contributed by atoms with E-state index in [1.54, 1.807) is 6.07 Å². The second kappa shape index (κ2) is 3.87. The van der Waals surface area contributed by atoms with Crippen molar-refractivity contribution in [1.82, 2.24) is 9.55 Å². The summed E-state index contributed by atoms with van der Waals surface area (Å²) in [6, 6.07) is 2.81. The summed E-state index contributed by atoms with van der Waals surface area (Å²) in [6.07, 6.45) is 1.46. The molecule has 0 amide bonds. The molecule has 0 bridgehead atoms. The third-order valence-corrected chi connectivity index (χ3v) is 2.64. The van der Waals surface area contributed by atoms with Gasteiger partial charge in [0.2, 0.25) is 0 Å². The third kappa shape index (κ3) is 1.59. The summed E-state index contributed by atoms with van der Waals surface area (Å²) in [5.74, 6) is -0.648. The highest BCUT2D eigenvalue weighted by atomic mass is 35.5. The fourth-order valence-electron chi connectivity index (χ4n) is 1.70. The van der Waals surface area contributed by atoms with Gasteiger partial charge in [0.1, 0.15) is 0 Å². The first-order valence-electron chi connectivity index (χ1n) is 4.87. The molecule has 84 valence electrons. The highest BCUT2D eigenvalue weighted by molar-refractivity contribution is 6.30. The van der Waals surface area contributed by atoms with E-state index in [-0.39, 0.29) is 22.3 Å². The average molecular weight is 241 g/mol. The Morgan fingerprint density at radius 3 is 2.75 bits per heavy atom. The maximum absolute atomic E-state index is 13.8. The molecule has 0 spiro atoms. The first-order chi connectivity index (χ1) is 7.52. The smallest absolute Gasteiger partial charge is 0.251 e. The highest BCUT2D eigenvalue weighted by Gasteiger charge is 2.13. The topological polar surface area (TPSA) is 34.9 Å². The molecule has 0 fully saturated rings. The van der Waals surface area contributed by atoms with Gasteiger partial charge in [0.15, 0.2) is 11.0 Å². The summed E-state index contributed by atoms with van der Waals surface area (Å²) >= 11 is 5.62. The predicted octanol–water partition coefficient (Wildman–Crippen LogP) is 2.77. The maximum Gasteiger partial charge on any atom is 0.251 e. The molecule has 0 saturated carbocycles. The molecule has 0 aromatic carbocycles. The van der Waals surface area contributed by atoms with Crippen LogP contribution in [0.15, 0.2) is 23.1 Å². The van der Waals surface area contributed by atoms with Crippen LogP contribution in [0, 0.1) is 5.82 Å². The van der Waals surface area contributed by atoms with E-state index >= 15 is 0 Å². The van der Waals surface area contributed by atoms with E-state index < -0.39 is 5.82 Å². The Bertz CT molecular complexity index is 607. The second-order valence-electron chi connectivity index (χ2n) is 3.80. The van der Waals surface area contributed by atoms with Gasteiger partial charge in [-0.05, 0) is 19.9 Å². The lowest BCUT2D eigenvalue weighted by molar-refractivity contribution is 0.570. The molecular weight excluding hydrogens is 231 g/mol. The third-order valence-electron chi connectivity index (χ3n) is 2.38. The van der Waals surface area contributed by atoms with Crippen LogP contribution in [0.3, 0.4) is 0 Å². The molecule has 2 heterocycles. The van der Waals surface area contributed by atoms with Crippen LogP contribution in [0.5, 0.6) is 0 Å². The van der Waals surface area contributed by atoms with Gasteiger partial charge in [0, 0.05) is 23.7 Å². The molecule has 2 rings (SSSR count). The fourth-order valence-corrected chi connectivity index (χ4v) is 1.84. The van der Waals surface area contributed by atoms with Gasteiger partial charge in [-0.1, -0.05) is 11.6 Å². The number of hydrogen-bond acceptors (Lipinski definition) is 2. The van der Waals surface area contributed by atoms with Gasteiger partial charge in [0.05, 0.1) is 5.52 Å². The van der Waals surface area contributed by atoms with Crippen molar-refractivity contribution in [2.45, 2.75) is 19.9 Å². The molecule has 0 aliphatic carbocycles. The average Bonchev–Trinajstić information content (AvgIpc) is 2.23. The molecule has 0 unspecified atom stereocenters. The van der Waals surface area contributed by atoms with Crippen LogP contribution in [0.2, 0.25) is 5.15 Å². The van der Waals surface area contributed by atoms with Crippen molar-refractivity contribution < 1.29 is 4.39 Å². The minimum atomic E-state index is -0.648. The van der Waals surface area contributed by atoms with E-state index in [9.17, 15) is 9.18 Å². The van der Waals surface area contributed by atoms with Gasteiger partial charge < -0.3 is 4.57 Å². The molecule has 0 aliphatic heterocycles. The first-order valence-corrected chi connectivity index (χ1v) is 5.25. The van der Waals surface area contributed by atoms with Crippen LogP contribution >= 0.6 is 11.6 Å². The zero-order valence-electron chi connectivity index (χ0n) is 8.87. The lowest BCUT2D eigenvalue weighted by Gasteiger charge is -2.14. The summed E-state index contributed by atoms with van der Waals surface area (Å²) in [6.45, 7) is 3.63. The largest absolute Gasteiger partial charge is 0.303 e. The molecule has 0 atom stereocenters. The van der Waals surface area contributed by atoms with Gasteiger partial charge in [-0.3, -0.25) is 4.79 Å². The molecule has 2 aromatic heterocycles. The Morgan fingerprint density at radius 1 is 1.44 bits per heavy atom. The summed E-state index contributed by atoms with van der Waals surface area (Å²) < 4.78 is 15.2. The van der Waals surface area contributed by atoms with Crippen molar-refractivity contribution in [2.24, 2.45) is 0 Å². The normalized spacial score (nSPS) is 11.3. The quantitative estimate of drug-likeness (QED) is 0.719. The van der Waals surface area contributed by atoms with Crippen LogP contribution in [0.25, 0.3) is 10.9 Å². The van der Waals surface area contributed by atoms with Crippen molar-refractivity contribution >= 4 is 22.5 Å². The molecule has 3 nitrogen and oxygen atoms in total. The summed E-state index contributed by atoms with van der Waals surface area (Å²) in [4.78, 5) is 15.4. The van der Waals surface area contributed by atoms with Gasteiger partial charge in [-0.2, -0.15) is 0 Å². The van der Waals surface area contributed by atoms with E-state index in [1.807, 2.05) is 13.8 Å². The molecule has 0 aliphatic rings. The van der Waals surface area contributed by atoms with E-state index in [0.717, 1.165) is 0 Å². The molecule has 0 radical (unpaired) electrons. The molecule has 2 aromatic rings. The SMILES string of the molecule is CC(C)n1c(=O)ccc2cnc(Cl)c(F)c21. The van der Waals surface area contributed by atoms with Crippen LogP contribution in [0.4, 0.5) is 4.39 Å². The van der Waals surface area contributed by atoms with E-state index in [0.29, 0.717) is 5.39 Å². The van der Waals surface area contributed by atoms with Crippen LogP contribution < -0.4 is 5.56 Å². The molecular formula is C11H10ClFN2O. The zero-order valence-corrected chi connectivity index (χ0v) is 9.62. The standard InChI is InChI=1S/C11H10ClFN2O/c1-6(2)15-8(16)4-3-7-5-14-11(12)9(13)10(7)15/h3-6H,1-2H3. The maximum atomic E-state index is 13.8. The fraction of sp³-hybridized carbons (Fsp3) is 0.273. The summed E-state index contributed by atoms with van der Waals surface area (Å²) in [7, 11) is 0. The number of rotatable bonds is 1. The van der Waals surface area contributed by atoms with Crippen molar-refractivity contribution in [3.05, 3.63) is 39.7 Å². The number of fused-ring (bicyclic) bond motifs is 1. The summed E-state index contributed by atoms with van der Waals surface area (Å²) in [5, 5.41) is 0.350. The Hall–Kier alpha value is -1.42. The van der Waals surface area contributed by atoms with Crippen molar-refractivity contribution in [3.8, 4) is 0 Å². The van der Waals surface area contributed by atoms with Gasteiger partial charge in [0.25, 0.3) is 5.56 Å². The number of halogens is 2. The highest BCUT2D eigenvalue weighted by Crippen LogP contribution is 2.22. The number of hydrogen-bond donors (Lipinski definition) is 0. The van der Waals surface area contributed by atoms with E-state index in [2.05, 4.69) is 4.98 Å². The number of pyridine rings is 2. The number of nitrogens with zero attached hydrogens (tertiary/aromatic N) is 2. The Labute approximate surface area is 96.5 Å². The number of aromatic nitrogens is 2. The Morgan fingerprint density at radius 2 is 2.12 bits per heavy atom. The van der Waals surface area contributed by atoms with Crippen LogP contribution in [0.1, 0.15) is 19.9 Å². The van der Waals surface area contributed by atoms with Crippen LogP contribution in [-0.2, 0) is 0 Å². The van der Waals surface area contributed by atoms with Crippen LogP contribution in [-0.4, -0.2) is 9.55 Å². The molecule has 0 N–H and O–H groups in total. The predicted molar refractivity (Wildman–Crippen MR) is 61.4 cm³/mol. The second-order valence-corrected chi connectivity index (χ2v) is 4.16. The Kier molecular flexibility index (Phi) is 2.68. The zero-order chi connectivity index (χ0) is 11.9. The van der Waals surface area contributed by atoms with Crippen molar-refractivity contribution in [2.75, 3.05) is 0 Å². The molecule has 16 heavy (non-hydrogen) atoms. The van der Waals surface area contributed by atoms with Crippen molar-refractivity contribution in [1.29, 1.82) is 0 Å². The molecule has 5 heteroatoms. The summed E-state index contributed by atoms with van der Waals surface area (Å²) in [5.41, 5.74) is -0.0360. The first kappa shape index (κ1) is 11.1. The monoisotopic (exact) mass is 240 g/mol.